The number of rotatable bonds is 6. The van der Waals surface area contributed by atoms with E-state index in [9.17, 15) is 14.4 Å². The van der Waals surface area contributed by atoms with Crippen LogP contribution in [-0.4, -0.2) is 40.9 Å². The SMILES string of the molecule is COc1ccc([C@@H]2c3[nH]c4ccccc4c3C[C@H]3C(=O)N(c4ccccc4C(=O)NCc4ccco4)C(=O)N23)cc1. The second-order valence-electron chi connectivity index (χ2n) is 10.1. The van der Waals surface area contributed by atoms with Crippen LogP contribution in [0.3, 0.4) is 0 Å². The zero-order valence-corrected chi connectivity index (χ0v) is 22.2. The Balaban J connectivity index is 1.30. The monoisotopic (exact) mass is 546 g/mol. The van der Waals surface area contributed by atoms with Crippen LogP contribution >= 0.6 is 0 Å². The van der Waals surface area contributed by atoms with Gasteiger partial charge in [-0.1, -0.05) is 42.5 Å². The fourth-order valence-electron chi connectivity index (χ4n) is 5.97. The van der Waals surface area contributed by atoms with Gasteiger partial charge in [0.2, 0.25) is 0 Å². The molecule has 9 heteroatoms. The Labute approximate surface area is 235 Å². The van der Waals surface area contributed by atoms with Crippen molar-refractivity contribution in [2.24, 2.45) is 0 Å². The summed E-state index contributed by atoms with van der Waals surface area (Å²) in [5.74, 6) is 0.510. The van der Waals surface area contributed by atoms with Crippen molar-refractivity contribution in [3.63, 3.8) is 0 Å². The number of anilines is 1. The van der Waals surface area contributed by atoms with Crippen LogP contribution in [0, 0.1) is 0 Å². The molecule has 41 heavy (non-hydrogen) atoms. The van der Waals surface area contributed by atoms with Crippen molar-refractivity contribution in [2.45, 2.75) is 25.0 Å². The number of hydrogen-bond acceptors (Lipinski definition) is 5. The highest BCUT2D eigenvalue weighted by Gasteiger charge is 2.53. The van der Waals surface area contributed by atoms with E-state index in [0.29, 0.717) is 17.9 Å². The number of fused-ring (bicyclic) bond motifs is 4. The largest absolute Gasteiger partial charge is 0.497 e. The third kappa shape index (κ3) is 3.97. The smallest absolute Gasteiger partial charge is 0.332 e. The zero-order chi connectivity index (χ0) is 28.1. The summed E-state index contributed by atoms with van der Waals surface area (Å²) in [6.07, 6.45) is 1.89. The number of H-pyrrole nitrogens is 1. The van der Waals surface area contributed by atoms with Crippen molar-refractivity contribution in [3.05, 3.63) is 119 Å². The molecule has 4 amide bonds. The maximum absolute atomic E-state index is 14.2. The minimum absolute atomic E-state index is 0.179. The Morgan fingerprint density at radius 1 is 1.00 bits per heavy atom. The zero-order valence-electron chi connectivity index (χ0n) is 22.2. The number of benzene rings is 3. The lowest BCUT2D eigenvalue weighted by Gasteiger charge is -2.36. The van der Waals surface area contributed by atoms with Crippen LogP contribution in [0.25, 0.3) is 10.9 Å². The van der Waals surface area contributed by atoms with E-state index >= 15 is 0 Å². The molecular weight excluding hydrogens is 520 g/mol. The van der Waals surface area contributed by atoms with Gasteiger partial charge in [-0.05, 0) is 53.6 Å². The Kier molecular flexibility index (Phi) is 5.85. The van der Waals surface area contributed by atoms with Gasteiger partial charge in [-0.25, -0.2) is 9.69 Å². The molecule has 9 nitrogen and oxygen atoms in total. The fourth-order valence-corrected chi connectivity index (χ4v) is 5.97. The van der Waals surface area contributed by atoms with Gasteiger partial charge in [0.15, 0.2) is 0 Å². The number of aromatic nitrogens is 1. The van der Waals surface area contributed by atoms with Crippen LogP contribution in [0.2, 0.25) is 0 Å². The molecule has 2 atom stereocenters. The molecule has 2 aliphatic rings. The quantitative estimate of drug-likeness (QED) is 0.285. The van der Waals surface area contributed by atoms with E-state index in [-0.39, 0.29) is 23.7 Å². The first-order valence-electron chi connectivity index (χ1n) is 13.3. The number of urea groups is 1. The molecule has 4 heterocycles. The van der Waals surface area contributed by atoms with Gasteiger partial charge in [0, 0.05) is 23.0 Å². The molecule has 0 aliphatic carbocycles. The number of carbonyl (C=O) groups is 3. The predicted molar refractivity (Wildman–Crippen MR) is 152 cm³/mol. The van der Waals surface area contributed by atoms with Crippen LogP contribution in [0.1, 0.15) is 39.0 Å². The standard InChI is InChI=1S/C32H26N4O5/c1-40-20-14-12-19(13-15-20)29-28-24(22-8-2-4-10-25(22)34-28)17-27-31(38)36(32(39)35(27)29)26-11-5-3-9-23(26)30(37)33-18-21-7-6-16-41-21/h2-16,27,29,34H,17-18H2,1H3,(H,33,37)/t27-,29+/m0/s1. The number of amides is 4. The predicted octanol–water partition coefficient (Wildman–Crippen LogP) is 5.18. The number of carbonyl (C=O) groups excluding carboxylic acids is 3. The number of nitrogens with zero attached hydrogens (tertiary/aromatic N) is 2. The fraction of sp³-hybridized carbons (Fsp3) is 0.156. The highest BCUT2D eigenvalue weighted by Crippen LogP contribution is 2.45. The van der Waals surface area contributed by atoms with E-state index in [4.69, 9.17) is 9.15 Å². The topological polar surface area (TPSA) is 108 Å². The molecule has 7 rings (SSSR count). The van der Waals surface area contributed by atoms with Crippen molar-refractivity contribution in [1.29, 1.82) is 0 Å². The minimum atomic E-state index is -0.736. The third-order valence-corrected chi connectivity index (χ3v) is 7.87. The molecular formula is C32H26N4O5. The minimum Gasteiger partial charge on any atom is -0.497 e. The first kappa shape index (κ1) is 24.7. The van der Waals surface area contributed by atoms with Gasteiger partial charge in [-0.15, -0.1) is 0 Å². The highest BCUT2D eigenvalue weighted by molar-refractivity contribution is 6.24. The molecule has 0 saturated carbocycles. The highest BCUT2D eigenvalue weighted by atomic mass is 16.5. The second-order valence-corrected chi connectivity index (χ2v) is 10.1. The summed E-state index contributed by atoms with van der Waals surface area (Å²) in [4.78, 5) is 47.9. The van der Waals surface area contributed by atoms with E-state index in [0.717, 1.165) is 32.6 Å². The Morgan fingerprint density at radius 3 is 2.56 bits per heavy atom. The molecule has 0 unspecified atom stereocenters. The molecule has 2 aromatic heterocycles. The van der Waals surface area contributed by atoms with E-state index in [1.165, 1.54) is 6.26 Å². The molecule has 204 valence electrons. The Bertz CT molecular complexity index is 1790. The molecule has 3 aromatic carbocycles. The normalized spacial score (nSPS) is 18.0. The number of hydrogen-bond donors (Lipinski definition) is 2. The van der Waals surface area contributed by atoms with E-state index in [1.807, 2.05) is 48.5 Å². The lowest BCUT2D eigenvalue weighted by atomic mass is 9.89. The summed E-state index contributed by atoms with van der Waals surface area (Å²) < 4.78 is 10.7. The molecule has 2 N–H and O–H groups in total. The summed E-state index contributed by atoms with van der Waals surface area (Å²) in [6.45, 7) is 0.179. The lowest BCUT2D eigenvalue weighted by molar-refractivity contribution is -0.120. The van der Waals surface area contributed by atoms with Crippen LogP contribution in [0.4, 0.5) is 10.5 Å². The lowest BCUT2D eigenvalue weighted by Crippen LogP contribution is -2.44. The third-order valence-electron chi connectivity index (χ3n) is 7.87. The summed E-state index contributed by atoms with van der Waals surface area (Å²) in [7, 11) is 1.60. The van der Waals surface area contributed by atoms with Crippen molar-refractivity contribution >= 4 is 34.4 Å². The molecule has 5 aromatic rings. The van der Waals surface area contributed by atoms with Crippen LogP contribution in [-0.2, 0) is 17.8 Å². The summed E-state index contributed by atoms with van der Waals surface area (Å²) in [5, 5.41) is 3.85. The number of nitrogens with one attached hydrogen (secondary N) is 2. The molecule has 1 fully saturated rings. The van der Waals surface area contributed by atoms with Crippen molar-refractivity contribution < 1.29 is 23.5 Å². The summed E-state index contributed by atoms with van der Waals surface area (Å²) in [6, 6.07) is 23.9. The molecule has 2 aliphatic heterocycles. The van der Waals surface area contributed by atoms with Crippen molar-refractivity contribution in [3.8, 4) is 5.75 Å². The van der Waals surface area contributed by atoms with Gasteiger partial charge in [0.1, 0.15) is 23.6 Å². The maximum atomic E-state index is 14.2. The number of para-hydroxylation sites is 2. The van der Waals surface area contributed by atoms with Gasteiger partial charge < -0.3 is 19.5 Å². The van der Waals surface area contributed by atoms with Gasteiger partial charge in [0.05, 0.1) is 31.2 Å². The number of aromatic amines is 1. The van der Waals surface area contributed by atoms with Crippen molar-refractivity contribution in [1.82, 2.24) is 15.2 Å². The summed E-state index contributed by atoms with van der Waals surface area (Å²) >= 11 is 0. The van der Waals surface area contributed by atoms with E-state index in [2.05, 4.69) is 10.3 Å². The first-order valence-corrected chi connectivity index (χ1v) is 13.3. The number of imide groups is 1. The van der Waals surface area contributed by atoms with Gasteiger partial charge in [-0.2, -0.15) is 0 Å². The number of ether oxygens (including phenoxy) is 1. The first-order chi connectivity index (χ1) is 20.0. The van der Waals surface area contributed by atoms with E-state index < -0.39 is 24.0 Å². The molecule has 1 saturated heterocycles. The number of methoxy groups -OCH3 is 1. The van der Waals surface area contributed by atoms with Gasteiger partial charge in [-0.3, -0.25) is 14.5 Å². The molecule has 0 spiro atoms. The van der Waals surface area contributed by atoms with E-state index in [1.54, 1.807) is 48.4 Å². The maximum Gasteiger partial charge on any atom is 0.332 e. The Morgan fingerprint density at radius 2 is 1.78 bits per heavy atom. The Hall–Kier alpha value is -5.31. The molecule has 0 bridgehead atoms. The molecule has 0 radical (unpaired) electrons. The number of furan rings is 1. The van der Waals surface area contributed by atoms with Gasteiger partial charge >= 0.3 is 6.03 Å². The average molecular weight is 547 g/mol. The van der Waals surface area contributed by atoms with Crippen LogP contribution in [0.5, 0.6) is 5.75 Å². The average Bonchev–Trinajstić information content (AvgIpc) is 3.72. The second kappa shape index (κ2) is 9.71. The van der Waals surface area contributed by atoms with Crippen LogP contribution in [0.15, 0.2) is 95.6 Å². The van der Waals surface area contributed by atoms with Crippen LogP contribution < -0.4 is 15.0 Å². The van der Waals surface area contributed by atoms with Gasteiger partial charge in [0.25, 0.3) is 11.8 Å². The van der Waals surface area contributed by atoms with Crippen molar-refractivity contribution in [2.75, 3.05) is 12.0 Å². The summed E-state index contributed by atoms with van der Waals surface area (Å²) in [5.41, 5.74) is 4.15.